The van der Waals surface area contributed by atoms with Crippen molar-refractivity contribution in [2.45, 2.75) is 6.92 Å². The van der Waals surface area contributed by atoms with Gasteiger partial charge in [-0.15, -0.1) is 0 Å². The van der Waals surface area contributed by atoms with Gasteiger partial charge in [-0.2, -0.15) is 0 Å². The lowest BCUT2D eigenvalue weighted by Gasteiger charge is -2.11. The molecule has 22 heavy (non-hydrogen) atoms. The maximum absolute atomic E-state index is 12.4. The first kappa shape index (κ1) is 16.6. The molecule has 0 bridgehead atoms. The van der Waals surface area contributed by atoms with Crippen LogP contribution in [0.2, 0.25) is 15.1 Å². The summed E-state index contributed by atoms with van der Waals surface area (Å²) in [5.41, 5.74) is 0.499. The SMILES string of the molecule is CC(=O)Oc1ccc(Cl)cc1C(=O)Nc1ccc(Cl)cc1Cl. The molecule has 0 aliphatic heterocycles. The largest absolute Gasteiger partial charge is 0.426 e. The van der Waals surface area contributed by atoms with E-state index >= 15 is 0 Å². The Morgan fingerprint density at radius 1 is 1.00 bits per heavy atom. The molecule has 0 atom stereocenters. The summed E-state index contributed by atoms with van der Waals surface area (Å²) in [5, 5.41) is 3.69. The fourth-order valence-electron chi connectivity index (χ4n) is 1.70. The van der Waals surface area contributed by atoms with Gasteiger partial charge in [0.05, 0.1) is 16.3 Å². The fourth-order valence-corrected chi connectivity index (χ4v) is 2.33. The number of carbonyl (C=O) groups excluding carboxylic acids is 2. The zero-order valence-electron chi connectivity index (χ0n) is 11.3. The summed E-state index contributed by atoms with van der Waals surface area (Å²) >= 11 is 17.7. The number of esters is 1. The van der Waals surface area contributed by atoms with Crippen LogP contribution in [0.25, 0.3) is 0 Å². The van der Waals surface area contributed by atoms with E-state index in [0.717, 1.165) is 0 Å². The number of rotatable bonds is 3. The quantitative estimate of drug-likeness (QED) is 0.632. The lowest BCUT2D eigenvalue weighted by molar-refractivity contribution is -0.131. The third kappa shape index (κ3) is 4.13. The van der Waals surface area contributed by atoms with E-state index in [1.165, 1.54) is 31.2 Å². The van der Waals surface area contributed by atoms with Crippen LogP contribution in [-0.4, -0.2) is 11.9 Å². The van der Waals surface area contributed by atoms with Crippen LogP contribution in [0.1, 0.15) is 17.3 Å². The molecule has 1 amide bonds. The average molecular weight is 359 g/mol. The van der Waals surface area contributed by atoms with Crippen LogP contribution in [0, 0.1) is 0 Å². The van der Waals surface area contributed by atoms with Crippen LogP contribution in [0.3, 0.4) is 0 Å². The Kier molecular flexibility index (Phi) is 5.29. The van der Waals surface area contributed by atoms with Crippen LogP contribution in [-0.2, 0) is 4.79 Å². The number of halogens is 3. The molecule has 0 heterocycles. The minimum atomic E-state index is -0.541. The molecule has 0 unspecified atom stereocenters. The van der Waals surface area contributed by atoms with E-state index < -0.39 is 11.9 Å². The van der Waals surface area contributed by atoms with Crippen molar-refractivity contribution in [3.63, 3.8) is 0 Å². The van der Waals surface area contributed by atoms with Crippen LogP contribution >= 0.6 is 34.8 Å². The van der Waals surface area contributed by atoms with Gasteiger partial charge in [0, 0.05) is 17.0 Å². The van der Waals surface area contributed by atoms with Crippen molar-refractivity contribution in [3.8, 4) is 5.75 Å². The minimum Gasteiger partial charge on any atom is -0.426 e. The van der Waals surface area contributed by atoms with Gasteiger partial charge >= 0.3 is 5.97 Å². The first-order valence-electron chi connectivity index (χ1n) is 6.11. The maximum atomic E-state index is 12.4. The fraction of sp³-hybridized carbons (Fsp3) is 0.0667. The topological polar surface area (TPSA) is 55.4 Å². The molecule has 114 valence electrons. The Morgan fingerprint density at radius 2 is 1.64 bits per heavy atom. The van der Waals surface area contributed by atoms with E-state index in [0.29, 0.717) is 15.7 Å². The van der Waals surface area contributed by atoms with Gasteiger partial charge in [-0.1, -0.05) is 34.8 Å². The molecule has 4 nitrogen and oxygen atoms in total. The normalized spacial score (nSPS) is 10.2. The second kappa shape index (κ2) is 7.01. The van der Waals surface area contributed by atoms with Gasteiger partial charge in [-0.25, -0.2) is 0 Å². The van der Waals surface area contributed by atoms with Gasteiger partial charge in [-0.05, 0) is 36.4 Å². The van der Waals surface area contributed by atoms with Crippen molar-refractivity contribution >= 4 is 52.4 Å². The Labute approximate surface area is 141 Å². The second-order valence-corrected chi connectivity index (χ2v) is 5.59. The van der Waals surface area contributed by atoms with Gasteiger partial charge in [-0.3, -0.25) is 9.59 Å². The third-order valence-corrected chi connectivity index (χ3v) is 3.40. The van der Waals surface area contributed by atoms with Crippen molar-refractivity contribution in [1.82, 2.24) is 0 Å². The molecule has 0 saturated heterocycles. The monoisotopic (exact) mass is 357 g/mol. The molecule has 7 heteroatoms. The van der Waals surface area contributed by atoms with Gasteiger partial charge < -0.3 is 10.1 Å². The molecule has 0 aliphatic carbocycles. The lowest BCUT2D eigenvalue weighted by atomic mass is 10.1. The highest BCUT2D eigenvalue weighted by Gasteiger charge is 2.16. The molecule has 0 aromatic heterocycles. The number of carbonyl (C=O) groups is 2. The number of amides is 1. The van der Waals surface area contributed by atoms with Crippen molar-refractivity contribution in [2.24, 2.45) is 0 Å². The molecule has 2 rings (SSSR count). The molecule has 2 aromatic carbocycles. The summed E-state index contributed by atoms with van der Waals surface area (Å²) in [5.74, 6) is -0.941. The molecule has 0 saturated carbocycles. The number of nitrogens with one attached hydrogen (secondary N) is 1. The summed E-state index contributed by atoms with van der Waals surface area (Å²) in [6.45, 7) is 1.24. The summed E-state index contributed by atoms with van der Waals surface area (Å²) < 4.78 is 5.00. The Morgan fingerprint density at radius 3 is 2.27 bits per heavy atom. The zero-order valence-corrected chi connectivity index (χ0v) is 13.6. The van der Waals surface area contributed by atoms with E-state index in [4.69, 9.17) is 39.5 Å². The highest BCUT2D eigenvalue weighted by molar-refractivity contribution is 6.37. The molecular weight excluding hydrogens is 349 g/mol. The van der Waals surface area contributed by atoms with E-state index in [-0.39, 0.29) is 16.3 Å². The Hall–Kier alpha value is -1.75. The summed E-state index contributed by atoms with van der Waals surface area (Å²) in [6.07, 6.45) is 0. The molecule has 1 N–H and O–H groups in total. The van der Waals surface area contributed by atoms with Crippen LogP contribution in [0.4, 0.5) is 5.69 Å². The average Bonchev–Trinajstić information content (AvgIpc) is 2.43. The summed E-state index contributed by atoms with van der Waals surface area (Å²) in [6, 6.07) is 9.03. The highest BCUT2D eigenvalue weighted by atomic mass is 35.5. The van der Waals surface area contributed by atoms with Crippen LogP contribution in [0.15, 0.2) is 36.4 Å². The first-order valence-corrected chi connectivity index (χ1v) is 7.24. The number of benzene rings is 2. The third-order valence-electron chi connectivity index (χ3n) is 2.62. The standard InChI is InChI=1S/C15H10Cl3NO3/c1-8(20)22-14-5-3-9(16)6-11(14)15(21)19-13-4-2-10(17)7-12(13)18/h2-7H,1H3,(H,19,21). The molecule has 0 aliphatic rings. The first-order chi connectivity index (χ1) is 10.4. The summed E-state index contributed by atoms with van der Waals surface area (Å²) in [7, 11) is 0. The molecule has 0 fully saturated rings. The minimum absolute atomic E-state index is 0.111. The Bertz CT molecular complexity index is 747. The van der Waals surface area contributed by atoms with Gasteiger partial charge in [0.1, 0.15) is 5.75 Å². The summed E-state index contributed by atoms with van der Waals surface area (Å²) in [4.78, 5) is 23.5. The second-order valence-electron chi connectivity index (χ2n) is 4.31. The van der Waals surface area contributed by atoms with E-state index in [2.05, 4.69) is 5.32 Å². The smallest absolute Gasteiger partial charge is 0.308 e. The highest BCUT2D eigenvalue weighted by Crippen LogP contribution is 2.28. The predicted octanol–water partition coefficient (Wildman–Crippen LogP) is 4.82. The molecule has 0 radical (unpaired) electrons. The van der Waals surface area contributed by atoms with Crippen molar-refractivity contribution in [2.75, 3.05) is 5.32 Å². The predicted molar refractivity (Wildman–Crippen MR) is 87.2 cm³/mol. The van der Waals surface area contributed by atoms with Crippen LogP contribution in [0.5, 0.6) is 5.75 Å². The van der Waals surface area contributed by atoms with E-state index in [1.807, 2.05) is 0 Å². The van der Waals surface area contributed by atoms with E-state index in [9.17, 15) is 9.59 Å². The van der Waals surface area contributed by atoms with Crippen molar-refractivity contribution < 1.29 is 14.3 Å². The number of hydrogen-bond donors (Lipinski definition) is 1. The van der Waals surface area contributed by atoms with Crippen LogP contribution < -0.4 is 10.1 Å². The van der Waals surface area contributed by atoms with Gasteiger partial charge in [0.15, 0.2) is 0 Å². The number of ether oxygens (including phenoxy) is 1. The molecular formula is C15H10Cl3NO3. The number of anilines is 1. The lowest BCUT2D eigenvalue weighted by Crippen LogP contribution is -2.15. The van der Waals surface area contributed by atoms with Crippen molar-refractivity contribution in [3.05, 3.63) is 57.0 Å². The van der Waals surface area contributed by atoms with Crippen molar-refractivity contribution in [1.29, 1.82) is 0 Å². The zero-order chi connectivity index (χ0) is 16.3. The maximum Gasteiger partial charge on any atom is 0.308 e. The molecule has 2 aromatic rings. The Balaban J connectivity index is 2.32. The van der Waals surface area contributed by atoms with Gasteiger partial charge in [0.2, 0.25) is 0 Å². The van der Waals surface area contributed by atoms with E-state index in [1.54, 1.807) is 12.1 Å². The number of hydrogen-bond acceptors (Lipinski definition) is 3. The molecule has 0 spiro atoms. The van der Waals surface area contributed by atoms with Gasteiger partial charge in [0.25, 0.3) is 5.91 Å².